The van der Waals surface area contributed by atoms with Crippen molar-refractivity contribution in [1.82, 2.24) is 29.4 Å². The first-order valence-electron chi connectivity index (χ1n) is 15.3. The van der Waals surface area contributed by atoms with E-state index in [1.165, 1.54) is 52.2 Å². The lowest BCUT2D eigenvalue weighted by atomic mass is 10.0. The number of hydrogen-bond donors (Lipinski definition) is 3. The zero-order valence-corrected chi connectivity index (χ0v) is 28.1. The number of hydrogen-bond acceptors (Lipinski definition) is 10. The second-order valence-corrected chi connectivity index (χ2v) is 14.4. The number of amides is 2. The van der Waals surface area contributed by atoms with Crippen molar-refractivity contribution in [2.75, 3.05) is 31.6 Å². The second-order valence-electron chi connectivity index (χ2n) is 12.5. The largest absolute Gasteiger partial charge is 0.477 e. The molecule has 14 nitrogen and oxygen atoms in total. The number of carbonyl (C=O) groups excluding carboxylic acids is 1. The molecular formula is C30H35ClF3N7O7S. The lowest BCUT2D eigenvalue weighted by molar-refractivity contribution is -0.189. The molecule has 0 bridgehead atoms. The number of likely N-dealkylation sites (tertiary alicyclic amines) is 1. The number of ether oxygens (including phenoxy) is 2. The van der Waals surface area contributed by atoms with E-state index >= 15 is 0 Å². The number of rotatable bonds is 14. The Hall–Kier alpha value is -4.16. The first kappa shape index (κ1) is 36.1. The summed E-state index contributed by atoms with van der Waals surface area (Å²) in [7, 11) is -4.43. The summed E-state index contributed by atoms with van der Waals surface area (Å²) in [5, 5.41) is 15.7. The van der Waals surface area contributed by atoms with Crippen LogP contribution in [0.15, 0.2) is 47.6 Å². The van der Waals surface area contributed by atoms with E-state index in [9.17, 15) is 36.3 Å². The molecule has 1 saturated heterocycles. The molecular weight excluding hydrogens is 695 g/mol. The Bertz CT molecular complexity index is 1800. The smallest absolute Gasteiger partial charge is 0.407 e. The van der Waals surface area contributed by atoms with Crippen molar-refractivity contribution >= 4 is 39.4 Å². The third-order valence-electron chi connectivity index (χ3n) is 8.45. The summed E-state index contributed by atoms with van der Waals surface area (Å²) in [6.07, 6.45) is -3.03. The Kier molecular flexibility index (Phi) is 10.3. The monoisotopic (exact) mass is 729 g/mol. The number of anilines is 1. The van der Waals surface area contributed by atoms with Crippen LogP contribution in [-0.4, -0.2) is 94.3 Å². The van der Waals surface area contributed by atoms with Crippen LogP contribution < -0.4 is 14.8 Å². The topological polar surface area (TPSA) is 178 Å². The van der Waals surface area contributed by atoms with E-state index in [0.717, 1.165) is 0 Å². The van der Waals surface area contributed by atoms with Gasteiger partial charge in [0.25, 0.3) is 15.9 Å². The predicted molar refractivity (Wildman–Crippen MR) is 169 cm³/mol. The van der Waals surface area contributed by atoms with Gasteiger partial charge in [-0.3, -0.25) is 4.79 Å². The van der Waals surface area contributed by atoms with Crippen LogP contribution in [0, 0.1) is 5.41 Å². The molecule has 19 heteroatoms. The van der Waals surface area contributed by atoms with Crippen LogP contribution in [0.2, 0.25) is 5.15 Å². The fourth-order valence-corrected chi connectivity index (χ4v) is 6.75. The average Bonchev–Trinajstić information content (AvgIpc) is 3.57. The van der Waals surface area contributed by atoms with Crippen molar-refractivity contribution in [1.29, 1.82) is 0 Å². The zero-order valence-electron chi connectivity index (χ0n) is 26.5. The van der Waals surface area contributed by atoms with Crippen molar-refractivity contribution in [3.8, 4) is 11.7 Å². The molecule has 5 rings (SSSR count). The van der Waals surface area contributed by atoms with E-state index in [0.29, 0.717) is 6.42 Å². The molecule has 1 saturated carbocycles. The van der Waals surface area contributed by atoms with E-state index in [4.69, 9.17) is 21.1 Å². The normalized spacial score (nSPS) is 18.2. The van der Waals surface area contributed by atoms with Crippen LogP contribution in [-0.2, 0) is 14.8 Å². The molecule has 0 aromatic carbocycles. The van der Waals surface area contributed by atoms with Crippen LogP contribution in [0.3, 0.4) is 0 Å². The van der Waals surface area contributed by atoms with E-state index in [-0.39, 0.29) is 86.3 Å². The van der Waals surface area contributed by atoms with Crippen LogP contribution in [0.5, 0.6) is 5.88 Å². The average molecular weight is 730 g/mol. The van der Waals surface area contributed by atoms with Gasteiger partial charge >= 0.3 is 12.3 Å². The van der Waals surface area contributed by atoms with Gasteiger partial charge in [-0.2, -0.15) is 21.6 Å². The molecule has 3 aromatic heterocycles. The minimum Gasteiger partial charge on any atom is -0.477 e. The van der Waals surface area contributed by atoms with E-state index in [1.54, 1.807) is 0 Å². The Morgan fingerprint density at radius 2 is 1.88 bits per heavy atom. The van der Waals surface area contributed by atoms with Crippen molar-refractivity contribution in [3.63, 3.8) is 0 Å². The number of nitrogens with one attached hydrogen (secondary N) is 2. The number of halogens is 4. The summed E-state index contributed by atoms with van der Waals surface area (Å²) in [6.45, 7) is 4.42. The van der Waals surface area contributed by atoms with Crippen LogP contribution in [0.1, 0.15) is 56.3 Å². The van der Waals surface area contributed by atoms with Crippen molar-refractivity contribution in [2.45, 2.75) is 68.8 Å². The minimum atomic E-state index is -4.43. The Morgan fingerprint density at radius 1 is 1.12 bits per heavy atom. The molecule has 1 unspecified atom stereocenters. The van der Waals surface area contributed by atoms with Gasteiger partial charge in [0.2, 0.25) is 5.88 Å². The van der Waals surface area contributed by atoms with Gasteiger partial charge in [-0.05, 0) is 70.2 Å². The van der Waals surface area contributed by atoms with Gasteiger partial charge in [0.1, 0.15) is 11.0 Å². The number of alkyl halides is 3. The number of aromatic nitrogens is 4. The van der Waals surface area contributed by atoms with E-state index in [2.05, 4.69) is 20.4 Å². The summed E-state index contributed by atoms with van der Waals surface area (Å²) in [4.78, 5) is 33.8. The second kappa shape index (κ2) is 14.0. The van der Waals surface area contributed by atoms with Gasteiger partial charge in [-0.25, -0.2) is 24.2 Å². The summed E-state index contributed by atoms with van der Waals surface area (Å²) in [5.74, 6) is -0.514. The van der Waals surface area contributed by atoms with Gasteiger partial charge in [-0.1, -0.05) is 17.7 Å². The van der Waals surface area contributed by atoms with Crippen LogP contribution in [0.25, 0.3) is 5.82 Å². The summed E-state index contributed by atoms with van der Waals surface area (Å²) < 4.78 is 79.8. The van der Waals surface area contributed by atoms with Gasteiger partial charge < -0.3 is 24.8 Å². The highest BCUT2D eigenvalue weighted by atomic mass is 35.5. The summed E-state index contributed by atoms with van der Waals surface area (Å²) >= 11 is 6.23. The fourth-order valence-electron chi connectivity index (χ4n) is 5.58. The summed E-state index contributed by atoms with van der Waals surface area (Å²) in [6, 6.07) is 8.31. The number of carbonyl (C=O) groups is 2. The molecule has 266 valence electrons. The molecule has 2 aliphatic rings. The number of carboxylic acid groups (broad SMARTS) is 1. The molecule has 3 aromatic rings. The molecule has 0 radical (unpaired) electrons. The van der Waals surface area contributed by atoms with Crippen molar-refractivity contribution in [2.24, 2.45) is 5.41 Å². The summed E-state index contributed by atoms with van der Waals surface area (Å²) in [5.41, 5.74) is -2.38. The van der Waals surface area contributed by atoms with E-state index in [1.807, 2.05) is 18.6 Å². The zero-order chi connectivity index (χ0) is 35.6. The quantitative estimate of drug-likeness (QED) is 0.152. The first-order chi connectivity index (χ1) is 23.0. The van der Waals surface area contributed by atoms with Crippen molar-refractivity contribution < 1.29 is 45.8 Å². The standard InChI is InChI=1S/C30H35ClF3N7O7S/c1-28(2)17-19(18-40(28)27(43)44)47-16-13-35-21-5-3-6-24(36-21)49(45,46)39-26(42)20-7-8-22(37-25(20)31)41-14-9-23(38-41)48-15-4-10-29(11-12-29)30(32,33)34/h3,5-9,14,19H,4,10-13,15-18H2,1-2H3,(H,35,36)(H,39,42)(H,43,44). The lowest BCUT2D eigenvalue weighted by Gasteiger charge is -2.27. The third kappa shape index (κ3) is 8.53. The Labute approximate surface area is 285 Å². The predicted octanol–water partition coefficient (Wildman–Crippen LogP) is 4.90. The molecule has 49 heavy (non-hydrogen) atoms. The van der Waals surface area contributed by atoms with Crippen LogP contribution >= 0.6 is 11.6 Å². The Balaban J connectivity index is 1.11. The fraction of sp³-hybridized carbons (Fsp3) is 0.500. The molecule has 0 spiro atoms. The van der Waals surface area contributed by atoms with Gasteiger partial charge in [0.05, 0.1) is 36.8 Å². The molecule has 2 fully saturated rings. The molecule has 1 aliphatic heterocycles. The van der Waals surface area contributed by atoms with Crippen molar-refractivity contribution in [3.05, 3.63) is 53.3 Å². The van der Waals surface area contributed by atoms with Gasteiger partial charge in [0.15, 0.2) is 10.8 Å². The maximum atomic E-state index is 13.1. The maximum Gasteiger partial charge on any atom is 0.407 e. The lowest BCUT2D eigenvalue weighted by Crippen LogP contribution is -2.41. The molecule has 3 N–H and O–H groups in total. The molecule has 2 amide bonds. The van der Waals surface area contributed by atoms with Crippen LogP contribution in [0.4, 0.5) is 23.8 Å². The van der Waals surface area contributed by atoms with Gasteiger partial charge in [0, 0.05) is 24.3 Å². The Morgan fingerprint density at radius 3 is 2.53 bits per heavy atom. The number of sulfonamides is 1. The first-order valence-corrected chi connectivity index (χ1v) is 17.2. The molecule has 1 aliphatic carbocycles. The molecule has 1 atom stereocenters. The number of pyridine rings is 2. The maximum absolute atomic E-state index is 13.1. The number of nitrogens with zero attached hydrogens (tertiary/aromatic N) is 5. The SMILES string of the molecule is CC1(C)CC(OCCNc2cccc(S(=O)(=O)NC(=O)c3ccc(-n4ccc(OCCCC5(C(F)(F)F)CC5)n4)nc3Cl)n2)CN1C(=O)O. The van der Waals surface area contributed by atoms with Gasteiger partial charge in [-0.15, -0.1) is 5.10 Å². The minimum absolute atomic E-state index is 0.0153. The van der Waals surface area contributed by atoms with E-state index < -0.39 is 44.2 Å². The highest BCUT2D eigenvalue weighted by Crippen LogP contribution is 2.60. The molecule has 4 heterocycles. The third-order valence-corrected chi connectivity index (χ3v) is 9.97. The highest BCUT2D eigenvalue weighted by Gasteiger charge is 2.62. The highest BCUT2D eigenvalue weighted by molar-refractivity contribution is 7.90.